The minimum Gasteiger partial charge on any atom is -0.323 e. The lowest BCUT2D eigenvalue weighted by Gasteiger charge is -2.23. The lowest BCUT2D eigenvalue weighted by molar-refractivity contribution is -0.116. The van der Waals surface area contributed by atoms with E-state index in [4.69, 9.17) is 11.6 Å². The van der Waals surface area contributed by atoms with Crippen molar-refractivity contribution >= 4 is 50.7 Å². The molecule has 1 N–H and O–H groups in total. The summed E-state index contributed by atoms with van der Waals surface area (Å²) in [6, 6.07) is 18.9. The van der Waals surface area contributed by atoms with Gasteiger partial charge in [0.1, 0.15) is 6.54 Å². The molecule has 3 aromatic carbocycles. The van der Waals surface area contributed by atoms with Gasteiger partial charge in [0.05, 0.1) is 32.4 Å². The number of anilines is 2. The molecule has 4 rings (SSSR count). The second-order valence-electron chi connectivity index (χ2n) is 7.44. The van der Waals surface area contributed by atoms with E-state index in [2.05, 4.69) is 5.32 Å². The molecule has 1 heterocycles. The molecule has 0 spiro atoms. The minimum absolute atomic E-state index is 0.0495. The summed E-state index contributed by atoms with van der Waals surface area (Å²) in [5.41, 5.74) is 1.00. The van der Waals surface area contributed by atoms with Crippen LogP contribution in [0.3, 0.4) is 0 Å². The molecule has 3 amide bonds. The normalized spacial score (nSPS) is 13.1. The lowest BCUT2D eigenvalue weighted by Crippen LogP contribution is -2.37. The lowest BCUT2D eigenvalue weighted by atomic mass is 10.1. The number of fused-ring (bicyclic) bond motifs is 1. The minimum atomic E-state index is -3.95. The maximum atomic E-state index is 13.3. The molecular formula is C24H20ClN3O5S. The molecule has 0 saturated heterocycles. The zero-order chi connectivity index (χ0) is 24.5. The van der Waals surface area contributed by atoms with Gasteiger partial charge in [-0.25, -0.2) is 8.42 Å². The number of carbonyl (C=O) groups is 3. The summed E-state index contributed by atoms with van der Waals surface area (Å²) in [5.74, 6) is -1.83. The Bertz CT molecular complexity index is 1360. The standard InChI is InChI=1S/C24H20ClN3O5S/c1-2-28(16-8-4-3-5-9-16)34(32,33)17-12-13-20(25)21(14-17)26-22(29)15-27-23(30)18-10-6-7-11-19(18)24(27)31/h3-14H,2,15H2,1H3,(H,26,29). The summed E-state index contributed by atoms with van der Waals surface area (Å²) < 4.78 is 27.8. The Balaban J connectivity index is 1.55. The summed E-state index contributed by atoms with van der Waals surface area (Å²) in [7, 11) is -3.95. The summed E-state index contributed by atoms with van der Waals surface area (Å²) in [5, 5.41) is 2.62. The zero-order valence-electron chi connectivity index (χ0n) is 18.1. The summed E-state index contributed by atoms with van der Waals surface area (Å²) in [4.78, 5) is 38.4. The number of nitrogens with zero attached hydrogens (tertiary/aromatic N) is 2. The van der Waals surface area contributed by atoms with E-state index in [1.165, 1.54) is 34.6 Å². The van der Waals surface area contributed by atoms with Crippen LogP contribution in [0, 0.1) is 0 Å². The Hall–Kier alpha value is -3.69. The van der Waals surface area contributed by atoms with Gasteiger partial charge in [-0.15, -0.1) is 0 Å². The molecule has 1 aliphatic heterocycles. The average molecular weight is 498 g/mol. The highest BCUT2D eigenvalue weighted by Crippen LogP contribution is 2.29. The van der Waals surface area contributed by atoms with Crippen LogP contribution in [0.2, 0.25) is 5.02 Å². The molecule has 34 heavy (non-hydrogen) atoms. The number of benzene rings is 3. The fraction of sp³-hybridized carbons (Fsp3) is 0.125. The highest BCUT2D eigenvalue weighted by molar-refractivity contribution is 7.92. The molecule has 0 unspecified atom stereocenters. The van der Waals surface area contributed by atoms with Crippen molar-refractivity contribution < 1.29 is 22.8 Å². The van der Waals surface area contributed by atoms with Crippen molar-refractivity contribution in [3.8, 4) is 0 Å². The van der Waals surface area contributed by atoms with Gasteiger partial charge in [-0.3, -0.25) is 23.6 Å². The van der Waals surface area contributed by atoms with Crippen LogP contribution >= 0.6 is 11.6 Å². The number of hydrogen-bond donors (Lipinski definition) is 1. The van der Waals surface area contributed by atoms with Crippen molar-refractivity contribution in [3.05, 3.63) is 88.9 Å². The van der Waals surface area contributed by atoms with Crippen LogP contribution in [0.15, 0.2) is 77.7 Å². The van der Waals surface area contributed by atoms with Gasteiger partial charge in [-0.2, -0.15) is 0 Å². The average Bonchev–Trinajstić information content (AvgIpc) is 3.06. The first kappa shape index (κ1) is 23.5. The summed E-state index contributed by atoms with van der Waals surface area (Å²) in [6.45, 7) is 1.37. The van der Waals surface area contributed by atoms with E-state index >= 15 is 0 Å². The van der Waals surface area contributed by atoms with Gasteiger partial charge in [0.15, 0.2) is 0 Å². The van der Waals surface area contributed by atoms with E-state index in [9.17, 15) is 22.8 Å². The highest BCUT2D eigenvalue weighted by atomic mass is 35.5. The molecule has 0 radical (unpaired) electrons. The molecule has 0 atom stereocenters. The van der Waals surface area contributed by atoms with E-state index < -0.39 is 34.3 Å². The van der Waals surface area contributed by atoms with Crippen molar-refractivity contribution in [2.45, 2.75) is 11.8 Å². The molecule has 174 valence electrons. The molecule has 0 bridgehead atoms. The van der Waals surface area contributed by atoms with Gasteiger partial charge in [0.2, 0.25) is 5.91 Å². The molecule has 10 heteroatoms. The van der Waals surface area contributed by atoms with Gasteiger partial charge < -0.3 is 5.32 Å². The number of hydrogen-bond acceptors (Lipinski definition) is 5. The van der Waals surface area contributed by atoms with E-state index in [0.717, 1.165) is 4.90 Å². The second kappa shape index (κ2) is 9.28. The van der Waals surface area contributed by atoms with E-state index in [1.54, 1.807) is 49.4 Å². The van der Waals surface area contributed by atoms with Crippen LogP contribution in [0.25, 0.3) is 0 Å². The number of imide groups is 1. The highest BCUT2D eigenvalue weighted by Gasteiger charge is 2.36. The SMILES string of the molecule is CCN(c1ccccc1)S(=O)(=O)c1ccc(Cl)c(NC(=O)CN2C(=O)c3ccccc3C2=O)c1. The fourth-order valence-corrected chi connectivity index (χ4v) is 5.35. The van der Waals surface area contributed by atoms with Crippen LogP contribution in [0.1, 0.15) is 27.6 Å². The van der Waals surface area contributed by atoms with E-state index in [-0.39, 0.29) is 33.3 Å². The van der Waals surface area contributed by atoms with Crippen LogP contribution in [-0.4, -0.2) is 44.1 Å². The topological polar surface area (TPSA) is 104 Å². The monoisotopic (exact) mass is 497 g/mol. The molecular weight excluding hydrogens is 478 g/mol. The fourth-order valence-electron chi connectivity index (χ4n) is 3.69. The van der Waals surface area contributed by atoms with Crippen molar-refractivity contribution in [3.63, 3.8) is 0 Å². The third-order valence-electron chi connectivity index (χ3n) is 5.31. The first-order valence-electron chi connectivity index (χ1n) is 10.4. The first-order chi connectivity index (χ1) is 16.2. The zero-order valence-corrected chi connectivity index (χ0v) is 19.6. The number of sulfonamides is 1. The Morgan fingerprint density at radius 3 is 2.12 bits per heavy atom. The van der Waals surface area contributed by atoms with E-state index in [0.29, 0.717) is 5.69 Å². The summed E-state index contributed by atoms with van der Waals surface area (Å²) >= 11 is 6.20. The number of rotatable bonds is 7. The number of nitrogens with one attached hydrogen (secondary N) is 1. The Morgan fingerprint density at radius 1 is 0.941 bits per heavy atom. The third-order valence-corrected chi connectivity index (χ3v) is 7.54. The van der Waals surface area contributed by atoms with Crippen molar-refractivity contribution in [2.24, 2.45) is 0 Å². The molecule has 0 fully saturated rings. The molecule has 8 nitrogen and oxygen atoms in total. The van der Waals surface area contributed by atoms with Gasteiger partial charge in [0.25, 0.3) is 21.8 Å². The van der Waals surface area contributed by atoms with Crippen LogP contribution in [0.4, 0.5) is 11.4 Å². The number of carbonyl (C=O) groups excluding carboxylic acids is 3. The predicted octanol–water partition coefficient (Wildman–Crippen LogP) is 3.79. The van der Waals surface area contributed by atoms with Crippen molar-refractivity contribution in [2.75, 3.05) is 22.7 Å². The quantitative estimate of drug-likeness (QED) is 0.500. The van der Waals surface area contributed by atoms with Crippen LogP contribution < -0.4 is 9.62 Å². The number of halogens is 1. The second-order valence-corrected chi connectivity index (χ2v) is 9.71. The number of para-hydroxylation sites is 1. The summed E-state index contributed by atoms with van der Waals surface area (Å²) in [6.07, 6.45) is 0. The largest absolute Gasteiger partial charge is 0.323 e. The van der Waals surface area contributed by atoms with Gasteiger partial charge in [0, 0.05) is 6.54 Å². The molecule has 0 aromatic heterocycles. The van der Waals surface area contributed by atoms with E-state index in [1.807, 2.05) is 0 Å². The van der Waals surface area contributed by atoms with Crippen LogP contribution in [0.5, 0.6) is 0 Å². The Kier molecular flexibility index (Phi) is 6.41. The predicted molar refractivity (Wildman–Crippen MR) is 129 cm³/mol. The third kappa shape index (κ3) is 4.27. The van der Waals surface area contributed by atoms with Crippen molar-refractivity contribution in [1.82, 2.24) is 4.90 Å². The van der Waals surface area contributed by atoms with Crippen LogP contribution in [-0.2, 0) is 14.8 Å². The molecule has 0 saturated carbocycles. The van der Waals surface area contributed by atoms with Gasteiger partial charge in [-0.05, 0) is 49.4 Å². The van der Waals surface area contributed by atoms with Gasteiger partial charge in [-0.1, -0.05) is 41.9 Å². The molecule has 1 aliphatic rings. The maximum Gasteiger partial charge on any atom is 0.264 e. The Morgan fingerprint density at radius 2 is 1.53 bits per heavy atom. The smallest absolute Gasteiger partial charge is 0.264 e. The maximum absolute atomic E-state index is 13.3. The Labute approximate surface area is 201 Å². The molecule has 3 aromatic rings. The van der Waals surface area contributed by atoms with Crippen molar-refractivity contribution in [1.29, 1.82) is 0 Å². The first-order valence-corrected chi connectivity index (χ1v) is 12.2. The van der Waals surface area contributed by atoms with Gasteiger partial charge >= 0.3 is 0 Å². The number of amides is 3. The molecule has 0 aliphatic carbocycles.